The Bertz CT molecular complexity index is 1440. The van der Waals surface area contributed by atoms with Gasteiger partial charge in [-0.25, -0.2) is 9.79 Å². The summed E-state index contributed by atoms with van der Waals surface area (Å²) in [7, 11) is 1.57. The van der Waals surface area contributed by atoms with Crippen LogP contribution in [-0.2, 0) is 16.1 Å². The predicted octanol–water partition coefficient (Wildman–Crippen LogP) is 6.94. The van der Waals surface area contributed by atoms with Gasteiger partial charge in [-0.1, -0.05) is 72.3 Å². The summed E-state index contributed by atoms with van der Waals surface area (Å²) in [5.41, 5.74) is 4.86. The molecule has 0 amide bonds. The second-order valence-corrected chi connectivity index (χ2v) is 8.54. The SMILES string of the molecule is COc1cc(/C=C2\N=C(c3ccc(-c4ccccc4)cc3)OC2=O)ccc1OCc1ccc(Cl)cc1. The maximum Gasteiger partial charge on any atom is 0.363 e. The molecule has 4 aromatic carbocycles. The van der Waals surface area contributed by atoms with Crippen LogP contribution in [0.15, 0.2) is 108 Å². The highest BCUT2D eigenvalue weighted by atomic mass is 35.5. The summed E-state index contributed by atoms with van der Waals surface area (Å²) in [5, 5.41) is 0.675. The van der Waals surface area contributed by atoms with E-state index in [9.17, 15) is 4.79 Å². The topological polar surface area (TPSA) is 57.1 Å². The molecule has 0 bridgehead atoms. The smallest absolute Gasteiger partial charge is 0.363 e. The van der Waals surface area contributed by atoms with E-state index in [0.29, 0.717) is 23.1 Å². The van der Waals surface area contributed by atoms with E-state index in [1.807, 2.05) is 84.9 Å². The summed E-state index contributed by atoms with van der Waals surface area (Å²) in [4.78, 5) is 16.9. The summed E-state index contributed by atoms with van der Waals surface area (Å²) in [5.74, 6) is 0.914. The first-order valence-electron chi connectivity index (χ1n) is 11.3. The summed E-state index contributed by atoms with van der Waals surface area (Å²) in [6.45, 7) is 0.372. The minimum absolute atomic E-state index is 0.217. The van der Waals surface area contributed by atoms with E-state index in [2.05, 4.69) is 4.99 Å². The van der Waals surface area contributed by atoms with Crippen molar-refractivity contribution in [3.05, 3.63) is 124 Å². The normalized spacial score (nSPS) is 13.9. The van der Waals surface area contributed by atoms with E-state index in [4.69, 9.17) is 25.8 Å². The molecular formula is C30H22ClNO4. The van der Waals surface area contributed by atoms with E-state index >= 15 is 0 Å². The van der Waals surface area contributed by atoms with Crippen LogP contribution in [-0.4, -0.2) is 19.0 Å². The number of nitrogens with zero attached hydrogens (tertiary/aromatic N) is 1. The van der Waals surface area contributed by atoms with Gasteiger partial charge in [-0.15, -0.1) is 0 Å². The van der Waals surface area contributed by atoms with Crippen molar-refractivity contribution in [3.8, 4) is 22.6 Å². The number of hydrogen-bond acceptors (Lipinski definition) is 5. The van der Waals surface area contributed by atoms with Gasteiger partial charge in [0.05, 0.1) is 7.11 Å². The molecule has 36 heavy (non-hydrogen) atoms. The second kappa shape index (κ2) is 10.5. The van der Waals surface area contributed by atoms with Gasteiger partial charge in [-0.3, -0.25) is 0 Å². The van der Waals surface area contributed by atoms with Gasteiger partial charge < -0.3 is 14.2 Å². The molecule has 0 saturated heterocycles. The molecule has 1 aliphatic rings. The highest BCUT2D eigenvalue weighted by Crippen LogP contribution is 2.31. The third-order valence-corrected chi connectivity index (χ3v) is 5.91. The number of rotatable bonds is 7. The Kier molecular flexibility index (Phi) is 6.83. The molecule has 0 spiro atoms. The molecule has 0 unspecified atom stereocenters. The van der Waals surface area contributed by atoms with E-state index in [1.54, 1.807) is 25.3 Å². The number of carbonyl (C=O) groups is 1. The zero-order valence-electron chi connectivity index (χ0n) is 19.5. The van der Waals surface area contributed by atoms with Crippen LogP contribution in [0.3, 0.4) is 0 Å². The first kappa shape index (κ1) is 23.4. The molecule has 5 nitrogen and oxygen atoms in total. The number of esters is 1. The van der Waals surface area contributed by atoms with Crippen LogP contribution in [0, 0.1) is 0 Å². The van der Waals surface area contributed by atoms with Gasteiger partial charge in [0.2, 0.25) is 5.90 Å². The van der Waals surface area contributed by atoms with Crippen LogP contribution in [0.5, 0.6) is 11.5 Å². The average molecular weight is 496 g/mol. The Hall–Kier alpha value is -4.35. The standard InChI is InChI=1S/C30H22ClNO4/c1-34-28-18-21(9-16-27(28)35-19-20-7-14-25(31)15-8-20)17-26-30(33)36-29(32-26)24-12-10-23(11-13-24)22-5-3-2-4-6-22/h2-18H,19H2,1H3/b26-17-. The molecule has 0 radical (unpaired) electrons. The molecule has 0 fully saturated rings. The largest absolute Gasteiger partial charge is 0.493 e. The Morgan fingerprint density at radius 1 is 0.833 bits per heavy atom. The van der Waals surface area contributed by atoms with Crippen LogP contribution in [0.4, 0.5) is 0 Å². The van der Waals surface area contributed by atoms with Crippen molar-refractivity contribution in [2.24, 2.45) is 4.99 Å². The fourth-order valence-corrected chi connectivity index (χ4v) is 3.89. The molecule has 5 rings (SSSR count). The second-order valence-electron chi connectivity index (χ2n) is 8.10. The highest BCUT2D eigenvalue weighted by molar-refractivity contribution is 6.30. The molecular weight excluding hydrogens is 474 g/mol. The summed E-state index contributed by atoms with van der Waals surface area (Å²) in [6.07, 6.45) is 1.67. The number of cyclic esters (lactones) is 1. The van der Waals surface area contributed by atoms with Crippen LogP contribution in [0.1, 0.15) is 16.7 Å². The Morgan fingerprint density at radius 2 is 1.53 bits per heavy atom. The Balaban J connectivity index is 1.32. The van der Waals surface area contributed by atoms with Crippen molar-refractivity contribution < 1.29 is 19.0 Å². The number of methoxy groups -OCH3 is 1. The Labute approximate surface area is 214 Å². The minimum Gasteiger partial charge on any atom is -0.493 e. The van der Waals surface area contributed by atoms with E-state index in [0.717, 1.165) is 27.8 Å². The quantitative estimate of drug-likeness (QED) is 0.206. The Morgan fingerprint density at radius 3 is 2.25 bits per heavy atom. The third kappa shape index (κ3) is 5.32. The summed E-state index contributed by atoms with van der Waals surface area (Å²) < 4.78 is 16.8. The third-order valence-electron chi connectivity index (χ3n) is 5.66. The van der Waals surface area contributed by atoms with Crippen LogP contribution in [0.25, 0.3) is 17.2 Å². The molecule has 0 aromatic heterocycles. The zero-order valence-corrected chi connectivity index (χ0v) is 20.2. The number of halogens is 1. The van der Waals surface area contributed by atoms with Crippen molar-refractivity contribution in [2.45, 2.75) is 6.61 Å². The van der Waals surface area contributed by atoms with Crippen molar-refractivity contribution in [2.75, 3.05) is 7.11 Å². The van der Waals surface area contributed by atoms with Gasteiger partial charge in [-0.05, 0) is 64.7 Å². The number of benzene rings is 4. The lowest BCUT2D eigenvalue weighted by Gasteiger charge is -2.11. The molecule has 0 atom stereocenters. The number of aliphatic imine (C=N–C) groups is 1. The fourth-order valence-electron chi connectivity index (χ4n) is 3.76. The predicted molar refractivity (Wildman–Crippen MR) is 141 cm³/mol. The summed E-state index contributed by atoms with van der Waals surface area (Å²) >= 11 is 5.94. The molecule has 4 aromatic rings. The van der Waals surface area contributed by atoms with Gasteiger partial charge in [0.15, 0.2) is 17.2 Å². The fraction of sp³-hybridized carbons (Fsp3) is 0.0667. The number of ether oxygens (including phenoxy) is 3. The van der Waals surface area contributed by atoms with Gasteiger partial charge in [-0.2, -0.15) is 0 Å². The lowest BCUT2D eigenvalue weighted by Crippen LogP contribution is -2.05. The molecule has 0 aliphatic carbocycles. The van der Waals surface area contributed by atoms with Gasteiger partial charge >= 0.3 is 5.97 Å². The highest BCUT2D eigenvalue weighted by Gasteiger charge is 2.24. The molecule has 0 N–H and O–H groups in total. The summed E-state index contributed by atoms with van der Waals surface area (Å²) in [6, 6.07) is 30.7. The van der Waals surface area contributed by atoms with Crippen LogP contribution >= 0.6 is 11.6 Å². The molecule has 178 valence electrons. The van der Waals surface area contributed by atoms with E-state index in [1.165, 1.54) is 0 Å². The first-order valence-corrected chi connectivity index (χ1v) is 11.7. The van der Waals surface area contributed by atoms with Crippen molar-refractivity contribution in [3.63, 3.8) is 0 Å². The molecule has 0 saturated carbocycles. The number of hydrogen-bond donors (Lipinski definition) is 0. The van der Waals surface area contributed by atoms with Crippen molar-refractivity contribution >= 4 is 29.5 Å². The van der Waals surface area contributed by atoms with Crippen LogP contribution < -0.4 is 9.47 Å². The molecule has 6 heteroatoms. The van der Waals surface area contributed by atoms with Crippen molar-refractivity contribution in [1.82, 2.24) is 0 Å². The lowest BCUT2D eigenvalue weighted by atomic mass is 10.0. The maximum atomic E-state index is 12.5. The minimum atomic E-state index is -0.501. The van der Waals surface area contributed by atoms with Crippen molar-refractivity contribution in [1.29, 1.82) is 0 Å². The monoisotopic (exact) mass is 495 g/mol. The zero-order chi connectivity index (χ0) is 24.9. The van der Waals surface area contributed by atoms with Crippen LogP contribution in [0.2, 0.25) is 5.02 Å². The maximum absolute atomic E-state index is 12.5. The number of carbonyl (C=O) groups excluding carboxylic acids is 1. The first-order chi connectivity index (χ1) is 17.6. The van der Waals surface area contributed by atoms with E-state index < -0.39 is 5.97 Å². The van der Waals surface area contributed by atoms with Gasteiger partial charge in [0.25, 0.3) is 0 Å². The average Bonchev–Trinajstić information content (AvgIpc) is 3.29. The van der Waals surface area contributed by atoms with Gasteiger partial charge in [0, 0.05) is 10.6 Å². The molecule has 1 aliphatic heterocycles. The lowest BCUT2D eigenvalue weighted by molar-refractivity contribution is -0.129. The van der Waals surface area contributed by atoms with Gasteiger partial charge in [0.1, 0.15) is 6.61 Å². The molecule has 1 heterocycles. The van der Waals surface area contributed by atoms with E-state index in [-0.39, 0.29) is 11.6 Å².